The molecule has 2 unspecified atom stereocenters. The topological polar surface area (TPSA) is 15.3 Å². The van der Waals surface area contributed by atoms with E-state index < -0.39 is 0 Å². The molecule has 2 nitrogen and oxygen atoms in total. The molecule has 1 saturated heterocycles. The molecule has 0 radical (unpaired) electrons. The van der Waals surface area contributed by atoms with E-state index in [-0.39, 0.29) is 11.9 Å². The molecule has 1 aliphatic heterocycles. The molecule has 1 aliphatic rings. The van der Waals surface area contributed by atoms with Crippen LogP contribution in [0.1, 0.15) is 38.3 Å². The summed E-state index contributed by atoms with van der Waals surface area (Å²) in [6.07, 6.45) is 2.39. The van der Waals surface area contributed by atoms with Gasteiger partial charge in [0.05, 0.1) is 0 Å². The molecule has 0 bridgehead atoms. The van der Waals surface area contributed by atoms with E-state index >= 15 is 0 Å². The van der Waals surface area contributed by atoms with Crippen LogP contribution in [-0.4, -0.2) is 31.1 Å². The Morgan fingerprint density at radius 2 is 2.20 bits per heavy atom. The molecule has 0 aliphatic carbocycles. The molecule has 1 aromatic rings. The van der Waals surface area contributed by atoms with Gasteiger partial charge < -0.3 is 5.32 Å². The van der Waals surface area contributed by atoms with Crippen LogP contribution in [0.3, 0.4) is 0 Å². The number of hydrogen-bond donors (Lipinski definition) is 1. The van der Waals surface area contributed by atoms with Gasteiger partial charge in [-0.05, 0) is 50.0 Å². The number of nitrogens with one attached hydrogen (secondary N) is 1. The van der Waals surface area contributed by atoms with E-state index in [9.17, 15) is 4.39 Å². The van der Waals surface area contributed by atoms with E-state index in [1.807, 2.05) is 6.07 Å². The van der Waals surface area contributed by atoms with Crippen molar-refractivity contribution >= 4 is 11.6 Å². The van der Waals surface area contributed by atoms with E-state index in [2.05, 4.69) is 31.1 Å². The second-order valence-electron chi connectivity index (χ2n) is 6.06. The molecule has 1 fully saturated rings. The van der Waals surface area contributed by atoms with Gasteiger partial charge in [0.2, 0.25) is 0 Å². The molecule has 1 aromatic carbocycles. The first-order valence-corrected chi connectivity index (χ1v) is 7.75. The smallest absolute Gasteiger partial charge is 0.124 e. The van der Waals surface area contributed by atoms with Gasteiger partial charge in [-0.3, -0.25) is 4.90 Å². The Bertz CT molecular complexity index is 450. The van der Waals surface area contributed by atoms with Gasteiger partial charge in [0.15, 0.2) is 0 Å². The van der Waals surface area contributed by atoms with Crippen LogP contribution in [0.2, 0.25) is 5.02 Å². The molecular formula is C16H24ClFN2. The largest absolute Gasteiger partial charge is 0.314 e. The van der Waals surface area contributed by atoms with Crippen LogP contribution in [0.5, 0.6) is 0 Å². The van der Waals surface area contributed by atoms with Crippen LogP contribution in [0.4, 0.5) is 4.39 Å². The Kier molecular flexibility index (Phi) is 5.42. The molecule has 2 rings (SSSR count). The summed E-state index contributed by atoms with van der Waals surface area (Å²) in [4.78, 5) is 2.34. The third kappa shape index (κ3) is 3.72. The number of benzene rings is 1. The quantitative estimate of drug-likeness (QED) is 0.908. The van der Waals surface area contributed by atoms with Crippen molar-refractivity contribution in [3.05, 3.63) is 34.6 Å². The Labute approximate surface area is 126 Å². The second-order valence-corrected chi connectivity index (χ2v) is 6.46. The lowest BCUT2D eigenvalue weighted by atomic mass is 9.84. The SMILES string of the molecule is CC(C)NCC1CCCN(C)C1c1ccc(F)cc1Cl. The molecule has 1 N–H and O–H groups in total. The zero-order chi connectivity index (χ0) is 14.7. The van der Waals surface area contributed by atoms with Gasteiger partial charge in [0.25, 0.3) is 0 Å². The highest BCUT2D eigenvalue weighted by Gasteiger charge is 2.31. The van der Waals surface area contributed by atoms with Gasteiger partial charge in [-0.1, -0.05) is 31.5 Å². The Morgan fingerprint density at radius 1 is 1.45 bits per heavy atom. The summed E-state index contributed by atoms with van der Waals surface area (Å²) in [5.74, 6) is 0.244. The van der Waals surface area contributed by atoms with Crippen molar-refractivity contribution in [3.63, 3.8) is 0 Å². The maximum atomic E-state index is 13.3. The molecule has 0 aromatic heterocycles. The average Bonchev–Trinajstić information content (AvgIpc) is 2.37. The van der Waals surface area contributed by atoms with E-state index in [0.717, 1.165) is 18.7 Å². The van der Waals surface area contributed by atoms with Gasteiger partial charge in [-0.25, -0.2) is 4.39 Å². The predicted molar refractivity (Wildman–Crippen MR) is 82.6 cm³/mol. The maximum absolute atomic E-state index is 13.3. The maximum Gasteiger partial charge on any atom is 0.124 e. The molecular weight excluding hydrogens is 275 g/mol. The lowest BCUT2D eigenvalue weighted by Crippen LogP contribution is -2.41. The highest BCUT2D eigenvalue weighted by molar-refractivity contribution is 6.31. The van der Waals surface area contributed by atoms with Crippen LogP contribution in [0, 0.1) is 11.7 Å². The van der Waals surface area contributed by atoms with E-state index in [4.69, 9.17) is 11.6 Å². The van der Waals surface area contributed by atoms with Gasteiger partial charge in [-0.2, -0.15) is 0 Å². The normalized spacial score (nSPS) is 24.3. The molecule has 112 valence electrons. The highest BCUT2D eigenvalue weighted by atomic mass is 35.5. The molecule has 4 heteroatoms. The first-order valence-electron chi connectivity index (χ1n) is 7.37. The van der Waals surface area contributed by atoms with Crippen molar-refractivity contribution in [1.82, 2.24) is 10.2 Å². The van der Waals surface area contributed by atoms with Crippen molar-refractivity contribution in [2.75, 3.05) is 20.1 Å². The van der Waals surface area contributed by atoms with Crippen molar-refractivity contribution in [2.45, 2.75) is 38.8 Å². The first-order chi connectivity index (χ1) is 9.49. The summed E-state index contributed by atoms with van der Waals surface area (Å²) in [6, 6.07) is 5.52. The summed E-state index contributed by atoms with van der Waals surface area (Å²) in [5.41, 5.74) is 1.05. The molecule has 0 spiro atoms. The van der Waals surface area contributed by atoms with Gasteiger partial charge in [0.1, 0.15) is 5.82 Å². The van der Waals surface area contributed by atoms with Crippen molar-refractivity contribution in [1.29, 1.82) is 0 Å². The number of halogens is 2. The monoisotopic (exact) mass is 298 g/mol. The Morgan fingerprint density at radius 3 is 2.85 bits per heavy atom. The zero-order valence-corrected chi connectivity index (χ0v) is 13.3. The van der Waals surface area contributed by atoms with Crippen molar-refractivity contribution in [3.8, 4) is 0 Å². The van der Waals surface area contributed by atoms with E-state index in [0.29, 0.717) is 17.0 Å². The number of likely N-dealkylation sites (tertiary alicyclic amines) is 1. The van der Waals surface area contributed by atoms with E-state index in [1.165, 1.54) is 25.0 Å². The minimum Gasteiger partial charge on any atom is -0.314 e. The second kappa shape index (κ2) is 6.88. The molecule has 20 heavy (non-hydrogen) atoms. The average molecular weight is 299 g/mol. The minimum absolute atomic E-state index is 0.267. The lowest BCUT2D eigenvalue weighted by Gasteiger charge is -2.40. The van der Waals surface area contributed by atoms with E-state index in [1.54, 1.807) is 0 Å². The summed E-state index contributed by atoms with van der Waals surface area (Å²) < 4.78 is 13.3. The van der Waals surface area contributed by atoms with Gasteiger partial charge >= 0.3 is 0 Å². The third-order valence-corrected chi connectivity index (χ3v) is 4.40. The fourth-order valence-corrected chi connectivity index (χ4v) is 3.37. The fraction of sp³-hybridized carbons (Fsp3) is 0.625. The van der Waals surface area contributed by atoms with Crippen LogP contribution in [0.25, 0.3) is 0 Å². The van der Waals surface area contributed by atoms with Gasteiger partial charge in [0, 0.05) is 23.7 Å². The van der Waals surface area contributed by atoms with Crippen LogP contribution < -0.4 is 5.32 Å². The molecule has 0 saturated carbocycles. The first kappa shape index (κ1) is 15.7. The molecule has 2 atom stereocenters. The number of hydrogen-bond acceptors (Lipinski definition) is 2. The van der Waals surface area contributed by atoms with Crippen molar-refractivity contribution < 1.29 is 4.39 Å². The zero-order valence-electron chi connectivity index (χ0n) is 12.5. The third-order valence-electron chi connectivity index (χ3n) is 4.08. The van der Waals surface area contributed by atoms with Crippen LogP contribution in [-0.2, 0) is 0 Å². The number of rotatable bonds is 4. The minimum atomic E-state index is -0.269. The number of piperidine rings is 1. The van der Waals surface area contributed by atoms with Crippen molar-refractivity contribution in [2.24, 2.45) is 5.92 Å². The molecule has 1 heterocycles. The predicted octanol–water partition coefficient (Wildman–Crippen LogP) is 3.86. The highest BCUT2D eigenvalue weighted by Crippen LogP contribution is 2.38. The number of nitrogens with zero attached hydrogens (tertiary/aromatic N) is 1. The fourth-order valence-electron chi connectivity index (χ4n) is 3.09. The van der Waals surface area contributed by atoms with Crippen LogP contribution >= 0.6 is 11.6 Å². The molecule has 0 amide bonds. The Hall–Kier alpha value is -0.640. The summed E-state index contributed by atoms with van der Waals surface area (Å²) in [7, 11) is 2.13. The summed E-state index contributed by atoms with van der Waals surface area (Å²) >= 11 is 6.27. The van der Waals surface area contributed by atoms with Gasteiger partial charge in [-0.15, -0.1) is 0 Å². The summed E-state index contributed by atoms with van der Waals surface area (Å²) in [5, 5.41) is 4.06. The summed E-state index contributed by atoms with van der Waals surface area (Å²) in [6.45, 7) is 6.36. The van der Waals surface area contributed by atoms with Crippen LogP contribution in [0.15, 0.2) is 18.2 Å². The lowest BCUT2D eigenvalue weighted by molar-refractivity contribution is 0.118. The standard InChI is InChI=1S/C16H24ClFN2/c1-11(2)19-10-12-5-4-8-20(3)16(12)14-7-6-13(18)9-15(14)17/h6-7,9,11-12,16,19H,4-5,8,10H2,1-3H3. The Balaban J connectivity index is 2.22.